The third-order valence-electron chi connectivity index (χ3n) is 4.47. The lowest BCUT2D eigenvalue weighted by atomic mass is 9.88. The zero-order valence-electron chi connectivity index (χ0n) is 11.6. The van der Waals surface area contributed by atoms with Gasteiger partial charge in [0.25, 0.3) is 0 Å². The first kappa shape index (κ1) is 12.5. The lowest BCUT2D eigenvalue weighted by molar-refractivity contribution is -0.136. The molecule has 1 aromatic carbocycles. The molecular formula is C16H22N2O. The highest BCUT2D eigenvalue weighted by Gasteiger charge is 2.32. The molecule has 1 fully saturated rings. The fraction of sp³-hybridized carbons (Fsp3) is 0.562. The summed E-state index contributed by atoms with van der Waals surface area (Å²) in [6, 6.07) is 8.64. The van der Waals surface area contributed by atoms with Gasteiger partial charge in [-0.3, -0.25) is 4.79 Å². The van der Waals surface area contributed by atoms with Crippen molar-refractivity contribution in [3.8, 4) is 0 Å². The summed E-state index contributed by atoms with van der Waals surface area (Å²) in [7, 11) is 0. The summed E-state index contributed by atoms with van der Waals surface area (Å²) in [5, 5.41) is 3.39. The van der Waals surface area contributed by atoms with Crippen molar-refractivity contribution in [2.45, 2.75) is 44.6 Å². The lowest BCUT2D eigenvalue weighted by Crippen LogP contribution is -2.45. The molecule has 0 aliphatic carbocycles. The second-order valence-electron chi connectivity index (χ2n) is 5.73. The zero-order valence-corrected chi connectivity index (χ0v) is 11.6. The second kappa shape index (κ2) is 5.24. The predicted octanol–water partition coefficient (Wildman–Crippen LogP) is 2.99. The maximum atomic E-state index is 12.8. The normalized spacial score (nSPS) is 26.5. The molecule has 1 aromatic rings. The molecule has 1 N–H and O–H groups in total. The highest BCUT2D eigenvalue weighted by atomic mass is 16.2. The van der Waals surface area contributed by atoms with E-state index in [-0.39, 0.29) is 5.92 Å². The van der Waals surface area contributed by atoms with E-state index in [0.717, 1.165) is 38.0 Å². The molecule has 3 rings (SSSR count). The van der Waals surface area contributed by atoms with Gasteiger partial charge in [0.2, 0.25) is 5.91 Å². The van der Waals surface area contributed by atoms with E-state index in [4.69, 9.17) is 0 Å². The monoisotopic (exact) mass is 258 g/mol. The molecule has 0 spiro atoms. The van der Waals surface area contributed by atoms with E-state index < -0.39 is 0 Å². The molecule has 2 aliphatic rings. The highest BCUT2D eigenvalue weighted by molar-refractivity contribution is 5.86. The molecule has 0 radical (unpaired) electrons. The van der Waals surface area contributed by atoms with Crippen LogP contribution in [0.5, 0.6) is 0 Å². The van der Waals surface area contributed by atoms with Gasteiger partial charge in [-0.1, -0.05) is 18.2 Å². The maximum Gasteiger partial charge on any atom is 0.230 e. The van der Waals surface area contributed by atoms with Gasteiger partial charge >= 0.3 is 0 Å². The number of carbonyl (C=O) groups is 1. The molecule has 2 aliphatic heterocycles. The van der Waals surface area contributed by atoms with Gasteiger partial charge in [0.15, 0.2) is 0 Å². The summed E-state index contributed by atoms with van der Waals surface area (Å²) in [6.45, 7) is 4.02. The van der Waals surface area contributed by atoms with Crippen LogP contribution >= 0.6 is 0 Å². The minimum absolute atomic E-state index is 0.0537. The second-order valence-corrected chi connectivity index (χ2v) is 5.73. The standard InChI is InChI=1S/C16H22N2O/c1-12-6-4-5-11-18(12)16(19)14-9-10-17-15-8-3-2-7-13(14)15/h2-3,7-8,12,14,17H,4-6,9-11H2,1H3. The van der Waals surface area contributed by atoms with Gasteiger partial charge in [-0.25, -0.2) is 0 Å². The number of hydrogen-bond acceptors (Lipinski definition) is 2. The van der Waals surface area contributed by atoms with Gasteiger partial charge in [0, 0.05) is 24.8 Å². The van der Waals surface area contributed by atoms with Crippen LogP contribution in [-0.2, 0) is 4.79 Å². The van der Waals surface area contributed by atoms with Crippen LogP contribution in [0.25, 0.3) is 0 Å². The summed E-state index contributed by atoms with van der Waals surface area (Å²) < 4.78 is 0. The van der Waals surface area contributed by atoms with E-state index in [2.05, 4.69) is 29.3 Å². The number of benzene rings is 1. The molecule has 2 atom stereocenters. The fourth-order valence-electron chi connectivity index (χ4n) is 3.35. The van der Waals surface area contributed by atoms with Crippen molar-refractivity contribution in [2.24, 2.45) is 0 Å². The molecule has 0 bridgehead atoms. The molecule has 0 saturated carbocycles. The van der Waals surface area contributed by atoms with E-state index in [0.29, 0.717) is 11.9 Å². The fourth-order valence-corrected chi connectivity index (χ4v) is 3.35. The van der Waals surface area contributed by atoms with Crippen LogP contribution < -0.4 is 5.32 Å². The third kappa shape index (κ3) is 2.34. The predicted molar refractivity (Wildman–Crippen MR) is 77.3 cm³/mol. The number of nitrogens with zero attached hydrogens (tertiary/aromatic N) is 1. The number of nitrogens with one attached hydrogen (secondary N) is 1. The topological polar surface area (TPSA) is 32.3 Å². The first-order valence-corrected chi connectivity index (χ1v) is 7.40. The Balaban J connectivity index is 1.84. The highest BCUT2D eigenvalue weighted by Crippen LogP contribution is 2.34. The Kier molecular flexibility index (Phi) is 3.45. The van der Waals surface area contributed by atoms with Crippen molar-refractivity contribution in [2.75, 3.05) is 18.4 Å². The van der Waals surface area contributed by atoms with Crippen LogP contribution in [0.4, 0.5) is 5.69 Å². The summed E-state index contributed by atoms with van der Waals surface area (Å²) in [5.74, 6) is 0.388. The zero-order chi connectivity index (χ0) is 13.2. The van der Waals surface area contributed by atoms with Crippen LogP contribution in [0.3, 0.4) is 0 Å². The van der Waals surface area contributed by atoms with Gasteiger partial charge in [-0.15, -0.1) is 0 Å². The summed E-state index contributed by atoms with van der Waals surface area (Å²) in [6.07, 6.45) is 4.48. The minimum Gasteiger partial charge on any atom is -0.385 e. The van der Waals surface area contributed by atoms with Crippen molar-refractivity contribution >= 4 is 11.6 Å². The Morgan fingerprint density at radius 2 is 2.11 bits per heavy atom. The van der Waals surface area contributed by atoms with Crippen LogP contribution in [0.1, 0.15) is 44.1 Å². The summed E-state index contributed by atoms with van der Waals surface area (Å²) in [4.78, 5) is 14.9. The average Bonchev–Trinajstić information content (AvgIpc) is 2.46. The van der Waals surface area contributed by atoms with Crippen LogP contribution in [0.15, 0.2) is 24.3 Å². The van der Waals surface area contributed by atoms with Gasteiger partial charge < -0.3 is 10.2 Å². The molecule has 1 amide bonds. The van der Waals surface area contributed by atoms with E-state index in [1.807, 2.05) is 12.1 Å². The largest absolute Gasteiger partial charge is 0.385 e. The number of carbonyl (C=O) groups excluding carboxylic acids is 1. The van der Waals surface area contributed by atoms with Gasteiger partial charge in [0.05, 0.1) is 5.92 Å². The third-order valence-corrected chi connectivity index (χ3v) is 4.47. The number of piperidine rings is 1. The Bertz CT molecular complexity index is 472. The number of likely N-dealkylation sites (tertiary alicyclic amines) is 1. The Labute approximate surface area is 115 Å². The molecule has 0 aromatic heterocycles. The minimum atomic E-state index is 0.0537. The molecule has 3 heteroatoms. The van der Waals surface area contributed by atoms with Gasteiger partial charge in [-0.2, -0.15) is 0 Å². The van der Waals surface area contributed by atoms with Crippen molar-refractivity contribution in [3.63, 3.8) is 0 Å². The molecular weight excluding hydrogens is 236 g/mol. The van der Waals surface area contributed by atoms with E-state index in [1.54, 1.807) is 0 Å². The van der Waals surface area contributed by atoms with E-state index in [1.165, 1.54) is 12.0 Å². The lowest BCUT2D eigenvalue weighted by Gasteiger charge is -2.37. The SMILES string of the molecule is CC1CCCCN1C(=O)C1CCNc2ccccc21. The first-order valence-electron chi connectivity index (χ1n) is 7.40. The smallest absolute Gasteiger partial charge is 0.230 e. The average molecular weight is 258 g/mol. The molecule has 102 valence electrons. The van der Waals surface area contributed by atoms with Crippen molar-refractivity contribution < 1.29 is 4.79 Å². The molecule has 2 heterocycles. The van der Waals surface area contributed by atoms with Crippen molar-refractivity contribution in [1.82, 2.24) is 4.90 Å². The number of fused-ring (bicyclic) bond motifs is 1. The van der Waals surface area contributed by atoms with E-state index >= 15 is 0 Å². The summed E-state index contributed by atoms with van der Waals surface area (Å²) >= 11 is 0. The van der Waals surface area contributed by atoms with Gasteiger partial charge in [0.1, 0.15) is 0 Å². The Morgan fingerprint density at radius 3 is 2.95 bits per heavy atom. The molecule has 2 unspecified atom stereocenters. The molecule has 1 saturated heterocycles. The molecule has 3 nitrogen and oxygen atoms in total. The maximum absolute atomic E-state index is 12.8. The number of anilines is 1. The number of amides is 1. The number of rotatable bonds is 1. The molecule has 19 heavy (non-hydrogen) atoms. The van der Waals surface area contributed by atoms with Crippen LogP contribution in [0.2, 0.25) is 0 Å². The van der Waals surface area contributed by atoms with Crippen molar-refractivity contribution in [3.05, 3.63) is 29.8 Å². The first-order chi connectivity index (χ1) is 9.27. The Morgan fingerprint density at radius 1 is 1.26 bits per heavy atom. The quantitative estimate of drug-likeness (QED) is 0.840. The van der Waals surface area contributed by atoms with Crippen molar-refractivity contribution in [1.29, 1.82) is 0 Å². The van der Waals surface area contributed by atoms with Gasteiger partial charge in [-0.05, 0) is 44.2 Å². The Hall–Kier alpha value is -1.51. The summed E-state index contributed by atoms with van der Waals surface area (Å²) in [5.41, 5.74) is 2.31. The van der Waals surface area contributed by atoms with E-state index in [9.17, 15) is 4.79 Å². The number of hydrogen-bond donors (Lipinski definition) is 1. The van der Waals surface area contributed by atoms with Crippen LogP contribution in [-0.4, -0.2) is 29.9 Å². The van der Waals surface area contributed by atoms with Crippen LogP contribution in [0, 0.1) is 0 Å². The number of para-hydroxylation sites is 1.